The van der Waals surface area contributed by atoms with E-state index in [2.05, 4.69) is 10.1 Å². The number of halogens is 2. The van der Waals surface area contributed by atoms with Crippen LogP contribution in [0.3, 0.4) is 0 Å². The van der Waals surface area contributed by atoms with Crippen LogP contribution in [0.2, 0.25) is 10.0 Å². The molecule has 0 amide bonds. The fraction of sp³-hybridized carbons (Fsp3) is 0.0714. The van der Waals surface area contributed by atoms with Crippen molar-refractivity contribution in [2.75, 3.05) is 0 Å². The third-order valence-electron chi connectivity index (χ3n) is 6.62. The smallest absolute Gasteiger partial charge is 0.344 e. The number of hydrogen-bond acceptors (Lipinski definition) is 6. The average molecular weight is 527 g/mol. The lowest BCUT2D eigenvalue weighted by molar-refractivity contribution is 0.422. The standard InChI is InChI=1S/C28H16Cl2N4O3/c1-14-6-2-3-7-16(14)25-32-26-23-21(15-10-11-18(29)19(30)12-15)22-24(37-27(23)31-13-34(26)33-25)17-8-4-5-9-20(17)36-28(22)35/h2-13,21H,1H3. The van der Waals surface area contributed by atoms with Crippen LogP contribution in [0.5, 0.6) is 11.6 Å². The molecule has 37 heavy (non-hydrogen) atoms. The highest BCUT2D eigenvalue weighted by molar-refractivity contribution is 6.42. The molecule has 4 heterocycles. The van der Waals surface area contributed by atoms with E-state index in [1.807, 2.05) is 49.4 Å². The Kier molecular flexibility index (Phi) is 4.86. The topological polar surface area (TPSA) is 82.5 Å². The Balaban J connectivity index is 1.56. The summed E-state index contributed by atoms with van der Waals surface area (Å²) in [5.41, 5.74) is 3.99. The summed E-state index contributed by atoms with van der Waals surface area (Å²) in [6.45, 7) is 2.00. The highest BCUT2D eigenvalue weighted by Gasteiger charge is 2.37. The lowest BCUT2D eigenvalue weighted by atomic mass is 9.84. The van der Waals surface area contributed by atoms with Crippen molar-refractivity contribution in [3.05, 3.63) is 116 Å². The average Bonchev–Trinajstić information content (AvgIpc) is 3.34. The maximum absolute atomic E-state index is 13.5. The lowest BCUT2D eigenvalue weighted by Gasteiger charge is -2.27. The van der Waals surface area contributed by atoms with Crippen molar-refractivity contribution in [3.63, 3.8) is 0 Å². The van der Waals surface area contributed by atoms with Gasteiger partial charge in [-0.2, -0.15) is 0 Å². The maximum Gasteiger partial charge on any atom is 0.344 e. The molecule has 1 atom stereocenters. The molecule has 3 aromatic carbocycles. The Labute approximate surface area is 219 Å². The molecule has 6 aromatic rings. The van der Waals surface area contributed by atoms with Crippen molar-refractivity contribution in [2.24, 2.45) is 0 Å². The predicted molar refractivity (Wildman–Crippen MR) is 141 cm³/mol. The van der Waals surface area contributed by atoms with Gasteiger partial charge in [-0.05, 0) is 42.3 Å². The van der Waals surface area contributed by atoms with Crippen LogP contribution in [0.25, 0.3) is 28.0 Å². The van der Waals surface area contributed by atoms with E-state index in [0.717, 1.165) is 16.7 Å². The molecule has 0 aliphatic carbocycles. The number of aryl methyl sites for hydroxylation is 1. The van der Waals surface area contributed by atoms with E-state index in [9.17, 15) is 4.79 Å². The van der Waals surface area contributed by atoms with Crippen molar-refractivity contribution in [1.82, 2.24) is 19.6 Å². The van der Waals surface area contributed by atoms with Gasteiger partial charge < -0.3 is 9.15 Å². The molecule has 0 fully saturated rings. The first kappa shape index (κ1) is 22.0. The SMILES string of the molecule is Cc1ccccc1-c1nc2c3c(ncn2n1)Oc1c(c(=O)oc2ccccc12)C3c1ccc(Cl)c(Cl)c1. The van der Waals surface area contributed by atoms with E-state index in [0.29, 0.717) is 55.2 Å². The molecule has 1 aliphatic heterocycles. The first-order valence-electron chi connectivity index (χ1n) is 11.5. The van der Waals surface area contributed by atoms with Gasteiger partial charge in [-0.3, -0.25) is 0 Å². The van der Waals surface area contributed by atoms with Gasteiger partial charge in [0.25, 0.3) is 0 Å². The zero-order valence-electron chi connectivity index (χ0n) is 19.3. The van der Waals surface area contributed by atoms with Crippen LogP contribution < -0.4 is 10.4 Å². The van der Waals surface area contributed by atoms with Gasteiger partial charge in [-0.15, -0.1) is 5.10 Å². The molecule has 0 saturated carbocycles. The van der Waals surface area contributed by atoms with Gasteiger partial charge in [-0.25, -0.2) is 19.3 Å². The lowest BCUT2D eigenvalue weighted by Crippen LogP contribution is -2.22. The second kappa shape index (κ2) is 8.16. The molecule has 0 saturated heterocycles. The Bertz CT molecular complexity index is 1950. The molecule has 3 aromatic heterocycles. The summed E-state index contributed by atoms with van der Waals surface area (Å²) in [4.78, 5) is 22.9. The Morgan fingerprint density at radius 1 is 0.946 bits per heavy atom. The van der Waals surface area contributed by atoms with Crippen LogP contribution in [0, 0.1) is 6.92 Å². The van der Waals surface area contributed by atoms with E-state index in [-0.39, 0.29) is 0 Å². The predicted octanol–water partition coefficient (Wildman–Crippen LogP) is 6.80. The van der Waals surface area contributed by atoms with Crippen molar-refractivity contribution >= 4 is 39.8 Å². The van der Waals surface area contributed by atoms with E-state index in [1.165, 1.54) is 0 Å². The molecule has 7 nitrogen and oxygen atoms in total. The summed E-state index contributed by atoms with van der Waals surface area (Å²) < 4.78 is 13.6. The third kappa shape index (κ3) is 3.35. The van der Waals surface area contributed by atoms with E-state index >= 15 is 0 Å². The largest absolute Gasteiger partial charge is 0.437 e. The van der Waals surface area contributed by atoms with Crippen LogP contribution in [-0.2, 0) is 0 Å². The van der Waals surface area contributed by atoms with Crippen molar-refractivity contribution < 1.29 is 9.15 Å². The number of rotatable bonds is 2. The quantitative estimate of drug-likeness (QED) is 0.230. The summed E-state index contributed by atoms with van der Waals surface area (Å²) in [5, 5.41) is 6.11. The number of benzene rings is 3. The Morgan fingerprint density at radius 3 is 2.59 bits per heavy atom. The normalized spacial score (nSPS) is 14.4. The minimum Gasteiger partial charge on any atom is -0.437 e. The van der Waals surface area contributed by atoms with Crippen LogP contribution in [-0.4, -0.2) is 19.6 Å². The van der Waals surface area contributed by atoms with E-state index in [4.69, 9.17) is 37.3 Å². The summed E-state index contributed by atoms with van der Waals surface area (Å²) in [7, 11) is 0. The maximum atomic E-state index is 13.5. The Hall–Kier alpha value is -4.20. The Morgan fingerprint density at radius 2 is 1.76 bits per heavy atom. The number of para-hydroxylation sites is 1. The molecule has 0 bridgehead atoms. The third-order valence-corrected chi connectivity index (χ3v) is 7.36. The van der Waals surface area contributed by atoms with E-state index in [1.54, 1.807) is 35.1 Å². The van der Waals surface area contributed by atoms with Crippen LogP contribution in [0.15, 0.2) is 82.3 Å². The van der Waals surface area contributed by atoms with Gasteiger partial charge in [0.1, 0.15) is 11.9 Å². The first-order chi connectivity index (χ1) is 18.0. The number of fused-ring (bicyclic) bond motifs is 6. The molecule has 0 N–H and O–H groups in total. The summed E-state index contributed by atoms with van der Waals surface area (Å²) in [6, 6.07) is 20.4. The molecule has 0 spiro atoms. The highest BCUT2D eigenvalue weighted by Crippen LogP contribution is 2.49. The second-order valence-corrected chi connectivity index (χ2v) is 9.63. The number of ether oxygens (including phenoxy) is 1. The molecular weight excluding hydrogens is 511 g/mol. The van der Waals surface area contributed by atoms with Crippen molar-refractivity contribution in [2.45, 2.75) is 12.8 Å². The second-order valence-electron chi connectivity index (χ2n) is 8.82. The monoisotopic (exact) mass is 526 g/mol. The molecule has 180 valence electrons. The van der Waals surface area contributed by atoms with Gasteiger partial charge in [-0.1, -0.05) is 65.7 Å². The summed E-state index contributed by atoms with van der Waals surface area (Å²) >= 11 is 12.7. The minimum absolute atomic E-state index is 0.329. The van der Waals surface area contributed by atoms with Gasteiger partial charge >= 0.3 is 5.63 Å². The number of aromatic nitrogens is 4. The van der Waals surface area contributed by atoms with Gasteiger partial charge in [0.15, 0.2) is 17.2 Å². The molecule has 9 heteroatoms. The molecule has 7 rings (SSSR count). The zero-order valence-corrected chi connectivity index (χ0v) is 20.8. The van der Waals surface area contributed by atoms with Gasteiger partial charge in [0, 0.05) is 5.56 Å². The number of hydrogen-bond donors (Lipinski definition) is 0. The summed E-state index contributed by atoms with van der Waals surface area (Å²) in [5.74, 6) is 0.624. The molecule has 1 unspecified atom stereocenters. The summed E-state index contributed by atoms with van der Waals surface area (Å²) in [6.07, 6.45) is 1.56. The minimum atomic E-state index is -0.639. The van der Waals surface area contributed by atoms with Crippen molar-refractivity contribution in [3.8, 4) is 23.0 Å². The molecule has 1 aliphatic rings. The van der Waals surface area contributed by atoms with E-state index < -0.39 is 11.5 Å². The zero-order chi connectivity index (χ0) is 25.3. The van der Waals surface area contributed by atoms with Gasteiger partial charge in [0.05, 0.1) is 32.5 Å². The van der Waals surface area contributed by atoms with Crippen molar-refractivity contribution in [1.29, 1.82) is 0 Å². The number of nitrogens with zero attached hydrogens (tertiary/aromatic N) is 4. The fourth-order valence-corrected chi connectivity index (χ4v) is 5.20. The van der Waals surface area contributed by atoms with Crippen LogP contribution in [0.4, 0.5) is 0 Å². The first-order valence-corrected chi connectivity index (χ1v) is 12.2. The molecule has 0 radical (unpaired) electrons. The fourth-order valence-electron chi connectivity index (χ4n) is 4.89. The highest BCUT2D eigenvalue weighted by atomic mass is 35.5. The van der Waals surface area contributed by atoms with Crippen LogP contribution >= 0.6 is 23.2 Å². The van der Waals surface area contributed by atoms with Gasteiger partial charge in [0.2, 0.25) is 5.88 Å². The molecular formula is C28H16Cl2N4O3. The van der Waals surface area contributed by atoms with Crippen LogP contribution in [0.1, 0.15) is 28.2 Å².